The minimum absolute atomic E-state index is 0.858. The number of nitrogens with zero attached hydrogens (tertiary/aromatic N) is 2. The van der Waals surface area contributed by atoms with Crippen molar-refractivity contribution in [2.45, 2.75) is 0 Å². The lowest BCUT2D eigenvalue weighted by Crippen LogP contribution is -2.32. The van der Waals surface area contributed by atoms with Crippen molar-refractivity contribution in [3.8, 4) is 34.4 Å². The molecule has 1 atom stereocenters. The number of aromatic nitrogens is 2. The highest BCUT2D eigenvalue weighted by Gasteiger charge is 2.39. The van der Waals surface area contributed by atoms with Crippen molar-refractivity contribution in [1.29, 1.82) is 0 Å². The first-order valence-electron chi connectivity index (χ1n) is 15.9. The molecule has 9 aromatic rings. The van der Waals surface area contributed by atoms with Gasteiger partial charge < -0.3 is 18.6 Å². The van der Waals surface area contributed by atoms with Gasteiger partial charge in [-0.05, 0) is 48.5 Å². The van der Waals surface area contributed by atoms with Crippen LogP contribution in [0, 0.1) is 0 Å². The molecule has 0 saturated heterocycles. The molecule has 2 aromatic heterocycles. The summed E-state index contributed by atoms with van der Waals surface area (Å²) in [7, 11) is -0.932. The molecule has 220 valence electrons. The van der Waals surface area contributed by atoms with Crippen LogP contribution in [-0.4, -0.2) is 9.13 Å². The van der Waals surface area contributed by atoms with Crippen LogP contribution in [0.25, 0.3) is 55.0 Å². The third kappa shape index (κ3) is 3.40. The lowest BCUT2D eigenvalue weighted by Gasteiger charge is -2.35. The van der Waals surface area contributed by atoms with E-state index in [9.17, 15) is 0 Å². The molecule has 0 spiro atoms. The van der Waals surface area contributed by atoms with Gasteiger partial charge in [0.15, 0.2) is 0 Å². The summed E-state index contributed by atoms with van der Waals surface area (Å²) in [5, 5.41) is 8.36. The Labute approximate surface area is 271 Å². The second kappa shape index (κ2) is 9.35. The van der Waals surface area contributed by atoms with Crippen molar-refractivity contribution in [3.63, 3.8) is 0 Å². The molecule has 0 radical (unpaired) electrons. The number of para-hydroxylation sites is 5. The van der Waals surface area contributed by atoms with Crippen LogP contribution in [-0.2, 0) is 0 Å². The summed E-state index contributed by atoms with van der Waals surface area (Å²) >= 11 is 0. The van der Waals surface area contributed by atoms with Gasteiger partial charge >= 0.3 is 0 Å². The Kier molecular flexibility index (Phi) is 5.05. The molecule has 4 nitrogen and oxygen atoms in total. The Morgan fingerprint density at radius 3 is 1.72 bits per heavy atom. The van der Waals surface area contributed by atoms with E-state index in [1.165, 1.54) is 26.8 Å². The maximum atomic E-state index is 7.18. The average Bonchev–Trinajstić information content (AvgIpc) is 3.65. The largest absolute Gasteiger partial charge is 0.456 e. The summed E-state index contributed by atoms with van der Waals surface area (Å²) in [6.45, 7) is 0. The maximum Gasteiger partial charge on any atom is 0.145 e. The SMILES string of the molecule is c1ccc(-n2c3ccccc3c3c4c(ccc32)P2c3ccccc3Oc3cc(-n5c6ccccc6c6ccccc65)cc(c32)O4)cc1. The second-order valence-electron chi connectivity index (χ2n) is 12.2. The summed E-state index contributed by atoms with van der Waals surface area (Å²) in [4.78, 5) is 0. The van der Waals surface area contributed by atoms with Gasteiger partial charge in [0.1, 0.15) is 23.0 Å². The molecular formula is C42H25N2O2P. The van der Waals surface area contributed by atoms with Crippen LogP contribution in [0.15, 0.2) is 152 Å². The quantitative estimate of drug-likeness (QED) is 0.180. The molecule has 0 saturated carbocycles. The lowest BCUT2D eigenvalue weighted by atomic mass is 10.1. The molecule has 5 heteroatoms. The van der Waals surface area contributed by atoms with Gasteiger partial charge in [-0.15, -0.1) is 0 Å². The van der Waals surface area contributed by atoms with Gasteiger partial charge in [0.25, 0.3) is 0 Å². The van der Waals surface area contributed by atoms with E-state index in [1.54, 1.807) is 0 Å². The first kappa shape index (κ1) is 25.4. The fraction of sp³-hybridized carbons (Fsp3) is 0. The van der Waals surface area contributed by atoms with Crippen LogP contribution in [0.4, 0.5) is 0 Å². The van der Waals surface area contributed by atoms with Gasteiger partial charge in [-0.1, -0.05) is 91.0 Å². The van der Waals surface area contributed by atoms with E-state index in [0.29, 0.717) is 0 Å². The highest BCUT2D eigenvalue weighted by atomic mass is 31.1. The Bertz CT molecular complexity index is 2710. The zero-order chi connectivity index (χ0) is 30.6. The first-order chi connectivity index (χ1) is 23.3. The zero-order valence-electron chi connectivity index (χ0n) is 25.1. The number of hydrogen-bond donors (Lipinski definition) is 0. The smallest absolute Gasteiger partial charge is 0.145 e. The Morgan fingerprint density at radius 2 is 0.979 bits per heavy atom. The van der Waals surface area contributed by atoms with Gasteiger partial charge in [-0.2, -0.15) is 0 Å². The van der Waals surface area contributed by atoms with Crippen molar-refractivity contribution in [2.24, 2.45) is 0 Å². The number of rotatable bonds is 2. The summed E-state index contributed by atoms with van der Waals surface area (Å²) < 4.78 is 18.6. The molecule has 11 rings (SSSR count). The molecule has 47 heavy (non-hydrogen) atoms. The molecule has 1 unspecified atom stereocenters. The van der Waals surface area contributed by atoms with E-state index in [2.05, 4.69) is 161 Å². The molecule has 0 bridgehead atoms. The third-order valence-corrected chi connectivity index (χ3v) is 12.2. The normalized spacial score (nSPS) is 14.5. The first-order valence-corrected chi connectivity index (χ1v) is 17.2. The molecule has 2 aliphatic rings. The Hall–Kier alpha value is -5.83. The van der Waals surface area contributed by atoms with E-state index in [1.807, 2.05) is 0 Å². The number of ether oxygens (including phenoxy) is 2. The van der Waals surface area contributed by atoms with Crippen molar-refractivity contribution in [3.05, 3.63) is 152 Å². The van der Waals surface area contributed by atoms with Crippen LogP contribution in [0.3, 0.4) is 0 Å². The highest BCUT2D eigenvalue weighted by molar-refractivity contribution is 7.80. The molecule has 0 N–H and O–H groups in total. The maximum absolute atomic E-state index is 7.18. The zero-order valence-corrected chi connectivity index (χ0v) is 26.0. The average molecular weight is 621 g/mol. The topological polar surface area (TPSA) is 28.3 Å². The fourth-order valence-corrected chi connectivity index (χ4v) is 10.3. The highest BCUT2D eigenvalue weighted by Crippen LogP contribution is 2.55. The van der Waals surface area contributed by atoms with Gasteiger partial charge in [0.05, 0.1) is 38.4 Å². The Morgan fingerprint density at radius 1 is 0.404 bits per heavy atom. The van der Waals surface area contributed by atoms with Crippen LogP contribution in [0.1, 0.15) is 0 Å². The molecular weight excluding hydrogens is 595 g/mol. The predicted molar refractivity (Wildman–Crippen MR) is 194 cm³/mol. The molecule has 2 aliphatic heterocycles. The molecule has 0 amide bonds. The van der Waals surface area contributed by atoms with Crippen LogP contribution in [0.2, 0.25) is 0 Å². The predicted octanol–water partition coefficient (Wildman–Crippen LogP) is 9.85. The van der Waals surface area contributed by atoms with Crippen LogP contribution >= 0.6 is 7.92 Å². The molecule has 4 heterocycles. The molecule has 7 aromatic carbocycles. The van der Waals surface area contributed by atoms with Crippen LogP contribution < -0.4 is 25.4 Å². The van der Waals surface area contributed by atoms with Crippen molar-refractivity contribution < 1.29 is 9.47 Å². The van der Waals surface area contributed by atoms with Gasteiger partial charge in [-0.25, -0.2) is 0 Å². The van der Waals surface area contributed by atoms with Crippen molar-refractivity contribution in [2.75, 3.05) is 0 Å². The fourth-order valence-electron chi connectivity index (χ4n) is 7.75. The second-order valence-corrected chi connectivity index (χ2v) is 14.2. The van der Waals surface area contributed by atoms with Gasteiger partial charge in [0, 0.05) is 52.5 Å². The standard InChI is InChI=1S/C42H25N2O2P/c1-2-12-26(13-3-1)43-33-19-9-6-16-30(33)40-34(43)22-23-39-41(40)46-37-25-27(24-36-42(37)47(39)38-21-11-10-20-35(38)45-36)44-31-17-7-4-14-28(31)29-15-5-8-18-32(29)44/h1-25H. The monoisotopic (exact) mass is 620 g/mol. The van der Waals surface area contributed by atoms with Gasteiger partial charge in [0.2, 0.25) is 0 Å². The molecule has 0 aliphatic carbocycles. The Balaban J connectivity index is 1.23. The van der Waals surface area contributed by atoms with Crippen molar-refractivity contribution >= 4 is 67.4 Å². The van der Waals surface area contributed by atoms with Crippen molar-refractivity contribution in [1.82, 2.24) is 9.13 Å². The number of fused-ring (bicyclic) bond motifs is 11. The summed E-state index contributed by atoms with van der Waals surface area (Å²) in [6, 6.07) is 54.0. The van der Waals surface area contributed by atoms with E-state index in [0.717, 1.165) is 67.1 Å². The van der Waals surface area contributed by atoms with Crippen LogP contribution in [0.5, 0.6) is 23.0 Å². The van der Waals surface area contributed by atoms with E-state index in [4.69, 9.17) is 9.47 Å². The number of hydrogen-bond acceptors (Lipinski definition) is 2. The summed E-state index contributed by atoms with van der Waals surface area (Å²) in [6.07, 6.45) is 0. The minimum Gasteiger partial charge on any atom is -0.456 e. The van der Waals surface area contributed by atoms with Gasteiger partial charge in [-0.3, -0.25) is 0 Å². The van der Waals surface area contributed by atoms with E-state index >= 15 is 0 Å². The lowest BCUT2D eigenvalue weighted by molar-refractivity contribution is 0.469. The summed E-state index contributed by atoms with van der Waals surface area (Å²) in [5.41, 5.74) is 6.76. The summed E-state index contributed by atoms with van der Waals surface area (Å²) in [5.74, 6) is 3.57. The minimum atomic E-state index is -0.932. The van der Waals surface area contributed by atoms with E-state index < -0.39 is 7.92 Å². The molecule has 0 fully saturated rings. The third-order valence-electron chi connectivity index (χ3n) is 9.65. The number of benzene rings is 7. The van der Waals surface area contributed by atoms with E-state index in [-0.39, 0.29) is 0 Å².